The lowest BCUT2D eigenvalue weighted by Crippen LogP contribution is -2.02. The Balaban J connectivity index is 2.13. The molecular weight excluding hydrogens is 386 g/mol. The zero-order valence-corrected chi connectivity index (χ0v) is 14.4. The number of hydrogen-bond acceptors (Lipinski definition) is 9. The number of nitrogens with zero attached hydrogens (tertiary/aromatic N) is 3. The number of benzene rings is 2. The van der Waals surface area contributed by atoms with Gasteiger partial charge in [0, 0.05) is 5.56 Å². The van der Waals surface area contributed by atoms with E-state index < -0.39 is 41.2 Å². The van der Waals surface area contributed by atoms with Crippen LogP contribution in [0.2, 0.25) is 0 Å². The highest BCUT2D eigenvalue weighted by atomic mass is 16.4. The molecule has 11 heteroatoms. The monoisotopic (exact) mass is 399 g/mol. The van der Waals surface area contributed by atoms with Gasteiger partial charge in [0.2, 0.25) is 0 Å². The van der Waals surface area contributed by atoms with Crippen molar-refractivity contribution in [1.29, 1.82) is 0 Å². The van der Waals surface area contributed by atoms with Crippen LogP contribution in [0.1, 0.15) is 15.9 Å². The van der Waals surface area contributed by atoms with E-state index >= 15 is 0 Å². The van der Waals surface area contributed by atoms with E-state index in [0.717, 1.165) is 30.6 Å². The van der Waals surface area contributed by atoms with Crippen LogP contribution in [0.15, 0.2) is 30.6 Å². The van der Waals surface area contributed by atoms with Crippen LogP contribution in [0.5, 0.6) is 23.0 Å². The molecule has 0 radical (unpaired) electrons. The van der Waals surface area contributed by atoms with Gasteiger partial charge in [-0.1, -0.05) is 0 Å². The van der Waals surface area contributed by atoms with Crippen LogP contribution in [0, 0.1) is 0 Å². The average molecular weight is 399 g/mol. The van der Waals surface area contributed by atoms with Crippen molar-refractivity contribution in [2.75, 3.05) is 0 Å². The third-order valence-electron chi connectivity index (χ3n) is 3.91. The van der Waals surface area contributed by atoms with Gasteiger partial charge in [0.1, 0.15) is 34.9 Å². The van der Waals surface area contributed by atoms with Crippen LogP contribution in [0.25, 0.3) is 22.8 Å². The third-order valence-corrected chi connectivity index (χ3v) is 3.91. The molecule has 1 heterocycles. The molecule has 0 saturated carbocycles. The van der Waals surface area contributed by atoms with Gasteiger partial charge in [-0.3, -0.25) is 4.79 Å². The molecule has 6 N–H and O–H groups in total. The number of carbonyl (C=O) groups is 2. The summed E-state index contributed by atoms with van der Waals surface area (Å²) in [5.41, 5.74) is -0.789. The lowest BCUT2D eigenvalue weighted by atomic mass is 10.0. The smallest absolute Gasteiger partial charge is 0.339 e. The Morgan fingerprint density at radius 3 is 2.10 bits per heavy atom. The Labute approximate surface area is 161 Å². The predicted molar refractivity (Wildman–Crippen MR) is 95.7 cm³/mol. The molecule has 0 fully saturated rings. The molecule has 11 nitrogen and oxygen atoms in total. The van der Waals surface area contributed by atoms with E-state index in [-0.39, 0.29) is 34.1 Å². The van der Waals surface area contributed by atoms with Crippen molar-refractivity contribution in [2.24, 2.45) is 0 Å². The van der Waals surface area contributed by atoms with E-state index in [9.17, 15) is 30.0 Å². The number of hydrogen-bond donors (Lipinski definition) is 6. The first-order valence-corrected chi connectivity index (χ1v) is 7.93. The van der Waals surface area contributed by atoms with E-state index in [1.165, 1.54) is 0 Å². The molecule has 0 aliphatic carbocycles. The molecule has 0 saturated heterocycles. The van der Waals surface area contributed by atoms with Crippen LogP contribution < -0.4 is 0 Å². The summed E-state index contributed by atoms with van der Waals surface area (Å²) in [5.74, 6) is -4.94. The number of aliphatic carboxylic acids is 1. The predicted octanol–water partition coefficient (Wildman–Crippen LogP) is 1.35. The SMILES string of the molecule is O=C(O)Cc1cc(O)cc(-c2ncnc(-c3cc(O)c(C(=O)O)cc3O)n2)c1O. The van der Waals surface area contributed by atoms with Crippen molar-refractivity contribution in [3.8, 4) is 45.8 Å². The molecule has 0 bridgehead atoms. The molecule has 2 aromatic carbocycles. The number of phenols is 4. The second-order valence-corrected chi connectivity index (χ2v) is 5.90. The first kappa shape index (κ1) is 19.4. The summed E-state index contributed by atoms with van der Waals surface area (Å²) in [7, 11) is 0. The Morgan fingerprint density at radius 1 is 0.828 bits per heavy atom. The van der Waals surface area contributed by atoms with Crippen LogP contribution in [-0.2, 0) is 11.2 Å². The quantitative estimate of drug-likeness (QED) is 0.339. The van der Waals surface area contributed by atoms with Crippen molar-refractivity contribution >= 4 is 11.9 Å². The van der Waals surface area contributed by atoms with Gasteiger partial charge < -0.3 is 30.6 Å². The molecule has 29 heavy (non-hydrogen) atoms. The molecule has 0 amide bonds. The summed E-state index contributed by atoms with van der Waals surface area (Å²) >= 11 is 0. The first-order chi connectivity index (χ1) is 13.7. The van der Waals surface area contributed by atoms with Crippen LogP contribution in [-0.4, -0.2) is 57.5 Å². The fourth-order valence-electron chi connectivity index (χ4n) is 2.63. The minimum Gasteiger partial charge on any atom is -0.508 e. The lowest BCUT2D eigenvalue weighted by Gasteiger charge is -2.10. The van der Waals surface area contributed by atoms with Gasteiger partial charge in [0.15, 0.2) is 11.6 Å². The summed E-state index contributed by atoms with van der Waals surface area (Å²) in [5, 5.41) is 58.0. The molecule has 0 unspecified atom stereocenters. The van der Waals surface area contributed by atoms with Crippen molar-refractivity contribution in [2.45, 2.75) is 6.42 Å². The number of aromatic carboxylic acids is 1. The van der Waals surface area contributed by atoms with Crippen molar-refractivity contribution < 1.29 is 40.2 Å². The average Bonchev–Trinajstić information content (AvgIpc) is 2.65. The van der Waals surface area contributed by atoms with Gasteiger partial charge in [-0.25, -0.2) is 19.7 Å². The van der Waals surface area contributed by atoms with E-state index in [1.807, 2.05) is 0 Å². The van der Waals surface area contributed by atoms with Crippen molar-refractivity contribution in [3.05, 3.63) is 41.7 Å². The Bertz CT molecular complexity index is 1150. The molecule has 1 aromatic heterocycles. The van der Waals surface area contributed by atoms with Crippen molar-refractivity contribution in [3.63, 3.8) is 0 Å². The van der Waals surface area contributed by atoms with Gasteiger partial charge in [-0.05, 0) is 24.3 Å². The minimum atomic E-state index is -1.45. The van der Waals surface area contributed by atoms with E-state index in [2.05, 4.69) is 15.0 Å². The number of carboxylic acid groups (broad SMARTS) is 2. The van der Waals surface area contributed by atoms with E-state index in [1.54, 1.807) is 0 Å². The highest BCUT2D eigenvalue weighted by Crippen LogP contribution is 2.37. The molecule has 0 spiro atoms. The zero-order valence-electron chi connectivity index (χ0n) is 14.4. The van der Waals surface area contributed by atoms with Gasteiger partial charge in [-0.2, -0.15) is 0 Å². The fraction of sp³-hybridized carbons (Fsp3) is 0.0556. The summed E-state index contributed by atoms with van der Waals surface area (Å²) in [4.78, 5) is 33.8. The summed E-state index contributed by atoms with van der Waals surface area (Å²) in [6.07, 6.45) is 0.468. The molecular formula is C18H13N3O8. The molecule has 148 valence electrons. The van der Waals surface area contributed by atoms with Gasteiger partial charge >= 0.3 is 11.9 Å². The first-order valence-electron chi connectivity index (χ1n) is 7.93. The Morgan fingerprint density at radius 2 is 1.48 bits per heavy atom. The highest BCUT2D eigenvalue weighted by molar-refractivity contribution is 5.92. The normalized spacial score (nSPS) is 10.6. The maximum absolute atomic E-state index is 11.0. The largest absolute Gasteiger partial charge is 0.508 e. The van der Waals surface area contributed by atoms with Gasteiger partial charge in [0.25, 0.3) is 0 Å². The number of carboxylic acids is 2. The fourth-order valence-corrected chi connectivity index (χ4v) is 2.63. The number of aromatic nitrogens is 3. The molecule has 3 rings (SSSR count). The van der Waals surface area contributed by atoms with Crippen LogP contribution >= 0.6 is 0 Å². The topological polar surface area (TPSA) is 194 Å². The summed E-state index contributed by atoms with van der Waals surface area (Å²) in [6.45, 7) is 0. The lowest BCUT2D eigenvalue weighted by molar-refractivity contribution is -0.136. The second-order valence-electron chi connectivity index (χ2n) is 5.90. The third kappa shape index (κ3) is 3.83. The molecule has 0 atom stereocenters. The Kier molecular flexibility index (Phi) is 4.88. The number of rotatable bonds is 5. The number of phenolic OH excluding ortho intramolecular Hbond substituents is 3. The summed E-state index contributed by atoms with van der Waals surface area (Å²) in [6, 6.07) is 3.98. The second kappa shape index (κ2) is 7.31. The van der Waals surface area contributed by atoms with E-state index in [4.69, 9.17) is 10.2 Å². The maximum Gasteiger partial charge on any atom is 0.339 e. The van der Waals surface area contributed by atoms with E-state index in [0.29, 0.717) is 0 Å². The van der Waals surface area contributed by atoms with Gasteiger partial charge in [-0.15, -0.1) is 0 Å². The van der Waals surface area contributed by atoms with Crippen molar-refractivity contribution in [1.82, 2.24) is 15.0 Å². The standard InChI is InChI=1S/C18H13N3O8/c22-8-1-7(2-14(25)26)15(27)11(3-8)17-20-6-19-16(21-17)9-4-13(24)10(18(28)29)5-12(9)23/h1,3-6,22-24,27H,2H2,(H,25,26)(H,28,29). The molecule has 3 aromatic rings. The van der Waals surface area contributed by atoms with Crippen LogP contribution in [0.4, 0.5) is 0 Å². The Hall–Kier alpha value is -4.41. The zero-order chi connectivity index (χ0) is 21.3. The summed E-state index contributed by atoms with van der Waals surface area (Å²) < 4.78 is 0. The number of aromatic hydroxyl groups is 4. The maximum atomic E-state index is 11.0. The highest BCUT2D eigenvalue weighted by Gasteiger charge is 2.20. The molecule has 0 aliphatic heterocycles. The van der Waals surface area contributed by atoms with Gasteiger partial charge in [0.05, 0.1) is 17.5 Å². The minimum absolute atomic E-state index is 0.0687. The van der Waals surface area contributed by atoms with Crippen LogP contribution in [0.3, 0.4) is 0 Å². The molecule has 0 aliphatic rings.